The average Bonchev–Trinajstić information content (AvgIpc) is 3.21. The summed E-state index contributed by atoms with van der Waals surface area (Å²) in [6, 6.07) is 10.3. The van der Waals surface area contributed by atoms with Gasteiger partial charge in [0.2, 0.25) is 5.95 Å². The van der Waals surface area contributed by atoms with Gasteiger partial charge in [-0.1, -0.05) is 71.9 Å². The van der Waals surface area contributed by atoms with E-state index >= 15 is 0 Å². The van der Waals surface area contributed by atoms with Crippen molar-refractivity contribution in [3.63, 3.8) is 0 Å². The van der Waals surface area contributed by atoms with Crippen LogP contribution in [0.25, 0.3) is 11.2 Å². The van der Waals surface area contributed by atoms with Gasteiger partial charge >= 0.3 is 0 Å². The van der Waals surface area contributed by atoms with Crippen LogP contribution in [0.2, 0.25) is 0 Å². The van der Waals surface area contributed by atoms with E-state index in [2.05, 4.69) is 48.5 Å². The molecule has 0 spiro atoms. The molecule has 176 valence electrons. The summed E-state index contributed by atoms with van der Waals surface area (Å²) in [6.45, 7) is 17.0. The predicted octanol–water partition coefficient (Wildman–Crippen LogP) is 5.64. The first kappa shape index (κ1) is 25.6. The number of aliphatic hydroxyl groups is 1. The van der Waals surface area contributed by atoms with Gasteiger partial charge in [0, 0.05) is 12.6 Å². The average molecular weight is 441 g/mol. The Bertz CT molecular complexity index is 962. The molecule has 3 aromatic rings. The summed E-state index contributed by atoms with van der Waals surface area (Å²) < 4.78 is 2.04. The lowest BCUT2D eigenvalue weighted by Gasteiger charge is -2.33. The van der Waals surface area contributed by atoms with Gasteiger partial charge < -0.3 is 20.3 Å². The second-order valence-corrected chi connectivity index (χ2v) is 9.12. The fourth-order valence-electron chi connectivity index (χ4n) is 3.44. The summed E-state index contributed by atoms with van der Waals surface area (Å²) in [6.07, 6.45) is 2.04. The highest BCUT2D eigenvalue weighted by molar-refractivity contribution is 5.84. The minimum Gasteiger partial charge on any atom is -0.390 e. The molecule has 2 atom stereocenters. The Labute approximate surface area is 192 Å². The zero-order chi connectivity index (χ0) is 23.9. The second kappa shape index (κ2) is 11.3. The van der Waals surface area contributed by atoms with Gasteiger partial charge in [0.1, 0.15) is 0 Å². The van der Waals surface area contributed by atoms with Crippen LogP contribution < -0.4 is 10.6 Å². The van der Waals surface area contributed by atoms with Crippen molar-refractivity contribution in [2.75, 3.05) is 10.6 Å². The molecule has 2 unspecified atom stereocenters. The first-order valence-electron chi connectivity index (χ1n) is 11.7. The van der Waals surface area contributed by atoms with E-state index in [1.807, 2.05) is 63.7 Å². The van der Waals surface area contributed by atoms with E-state index < -0.39 is 6.10 Å². The molecule has 0 saturated carbocycles. The Morgan fingerprint density at radius 2 is 1.72 bits per heavy atom. The number of fused-ring (bicyclic) bond motifs is 1. The zero-order valence-electron chi connectivity index (χ0n) is 20.8. The number of aliphatic hydroxyl groups excluding tert-OH is 1. The topological polar surface area (TPSA) is 87.9 Å². The van der Waals surface area contributed by atoms with Crippen molar-refractivity contribution in [2.24, 2.45) is 5.41 Å². The standard InChI is InChI=1S/C23H34N6O.C2H6/c1-7-17(19(30)23(4,5)6)26-22-27-20(24-13-16-11-9-8-10-12-16)18-21(28-22)29(14-25-18)15(2)3;1-2/h8-12,14-15,17,19,30H,7,13H2,1-6H3,(H2,24,26,27,28);1-2H3. The molecule has 1 aromatic carbocycles. The van der Waals surface area contributed by atoms with E-state index in [9.17, 15) is 5.11 Å². The van der Waals surface area contributed by atoms with Crippen molar-refractivity contribution in [1.29, 1.82) is 0 Å². The molecule has 32 heavy (non-hydrogen) atoms. The molecule has 0 aliphatic heterocycles. The van der Waals surface area contributed by atoms with Crippen LogP contribution in [0.4, 0.5) is 11.8 Å². The lowest BCUT2D eigenvalue weighted by Crippen LogP contribution is -2.42. The maximum atomic E-state index is 10.8. The second-order valence-electron chi connectivity index (χ2n) is 9.12. The van der Waals surface area contributed by atoms with Crippen molar-refractivity contribution >= 4 is 22.9 Å². The number of benzene rings is 1. The summed E-state index contributed by atoms with van der Waals surface area (Å²) in [5.41, 5.74) is 2.44. The van der Waals surface area contributed by atoms with Gasteiger partial charge in [-0.05, 0) is 31.2 Å². The third kappa shape index (κ3) is 6.19. The number of hydrogen-bond acceptors (Lipinski definition) is 6. The molecule has 0 amide bonds. The number of imidazole rings is 1. The Hall–Kier alpha value is -2.67. The number of aromatic nitrogens is 4. The van der Waals surface area contributed by atoms with E-state index in [1.54, 1.807) is 0 Å². The van der Waals surface area contributed by atoms with Crippen LogP contribution in [-0.4, -0.2) is 36.8 Å². The molecule has 3 rings (SSSR count). The zero-order valence-corrected chi connectivity index (χ0v) is 20.8. The number of anilines is 2. The third-order valence-electron chi connectivity index (χ3n) is 5.30. The molecule has 0 fully saturated rings. The third-order valence-corrected chi connectivity index (χ3v) is 5.30. The predicted molar refractivity (Wildman–Crippen MR) is 134 cm³/mol. The molecular weight excluding hydrogens is 400 g/mol. The summed E-state index contributed by atoms with van der Waals surface area (Å²) in [5.74, 6) is 1.18. The normalized spacial score (nSPS) is 13.4. The first-order chi connectivity index (χ1) is 15.2. The summed E-state index contributed by atoms with van der Waals surface area (Å²) in [5, 5.41) is 17.6. The van der Waals surface area contributed by atoms with Crippen molar-refractivity contribution in [3.8, 4) is 0 Å². The molecule has 7 nitrogen and oxygen atoms in total. The highest BCUT2D eigenvalue weighted by Crippen LogP contribution is 2.27. The fourth-order valence-corrected chi connectivity index (χ4v) is 3.44. The first-order valence-corrected chi connectivity index (χ1v) is 11.7. The molecular formula is C25H40N6O. The molecule has 7 heteroatoms. The van der Waals surface area contributed by atoms with Crippen LogP contribution in [0.3, 0.4) is 0 Å². The lowest BCUT2D eigenvalue weighted by atomic mass is 9.84. The lowest BCUT2D eigenvalue weighted by molar-refractivity contribution is 0.0451. The van der Waals surface area contributed by atoms with Crippen molar-refractivity contribution in [1.82, 2.24) is 19.5 Å². The van der Waals surface area contributed by atoms with Crippen LogP contribution >= 0.6 is 0 Å². The van der Waals surface area contributed by atoms with E-state index in [1.165, 1.54) is 0 Å². The van der Waals surface area contributed by atoms with Gasteiger partial charge in [-0.2, -0.15) is 9.97 Å². The molecule has 0 bridgehead atoms. The van der Waals surface area contributed by atoms with Gasteiger partial charge in [0.15, 0.2) is 17.0 Å². The Morgan fingerprint density at radius 3 is 2.28 bits per heavy atom. The number of nitrogens with one attached hydrogen (secondary N) is 2. The van der Waals surface area contributed by atoms with E-state index in [4.69, 9.17) is 9.97 Å². The van der Waals surface area contributed by atoms with Crippen LogP contribution in [0.5, 0.6) is 0 Å². The number of rotatable bonds is 8. The van der Waals surface area contributed by atoms with Gasteiger partial charge in [0.25, 0.3) is 0 Å². The van der Waals surface area contributed by atoms with Crippen molar-refractivity contribution < 1.29 is 5.11 Å². The van der Waals surface area contributed by atoms with Gasteiger partial charge in [-0.25, -0.2) is 4.98 Å². The molecule has 0 radical (unpaired) electrons. The maximum Gasteiger partial charge on any atom is 0.227 e. The highest BCUT2D eigenvalue weighted by Gasteiger charge is 2.30. The summed E-state index contributed by atoms with van der Waals surface area (Å²) in [4.78, 5) is 14.0. The van der Waals surface area contributed by atoms with Crippen LogP contribution in [0.15, 0.2) is 36.7 Å². The van der Waals surface area contributed by atoms with E-state index in [0.717, 1.165) is 23.1 Å². The van der Waals surface area contributed by atoms with Crippen LogP contribution in [-0.2, 0) is 6.54 Å². The summed E-state index contributed by atoms with van der Waals surface area (Å²) >= 11 is 0. The molecule has 3 N–H and O–H groups in total. The van der Waals surface area contributed by atoms with Crippen LogP contribution in [0.1, 0.15) is 73.4 Å². The van der Waals surface area contributed by atoms with E-state index in [-0.39, 0.29) is 17.5 Å². The van der Waals surface area contributed by atoms with Gasteiger partial charge in [-0.3, -0.25) is 0 Å². The molecule has 0 aliphatic rings. The smallest absolute Gasteiger partial charge is 0.227 e. The van der Waals surface area contributed by atoms with Crippen LogP contribution in [0, 0.1) is 5.41 Å². The number of hydrogen-bond donors (Lipinski definition) is 3. The van der Waals surface area contributed by atoms with Gasteiger partial charge in [-0.15, -0.1) is 0 Å². The Morgan fingerprint density at radius 1 is 1.06 bits per heavy atom. The quantitative estimate of drug-likeness (QED) is 0.420. The molecule has 0 saturated heterocycles. The fraction of sp³-hybridized carbons (Fsp3) is 0.560. The summed E-state index contributed by atoms with van der Waals surface area (Å²) in [7, 11) is 0. The minimum atomic E-state index is -0.530. The largest absolute Gasteiger partial charge is 0.390 e. The Balaban J connectivity index is 0.00000176. The molecule has 2 aromatic heterocycles. The van der Waals surface area contributed by atoms with Gasteiger partial charge in [0.05, 0.1) is 18.5 Å². The number of nitrogens with zero attached hydrogens (tertiary/aromatic N) is 4. The molecule has 0 aliphatic carbocycles. The Kier molecular flexibility index (Phi) is 9.01. The monoisotopic (exact) mass is 440 g/mol. The van der Waals surface area contributed by atoms with E-state index in [0.29, 0.717) is 18.3 Å². The molecule has 2 heterocycles. The maximum absolute atomic E-state index is 10.8. The van der Waals surface area contributed by atoms with Crippen molar-refractivity contribution in [2.45, 2.75) is 86.5 Å². The minimum absolute atomic E-state index is 0.153. The van der Waals surface area contributed by atoms with Crippen molar-refractivity contribution in [3.05, 3.63) is 42.2 Å². The SMILES string of the molecule is CC.CCC(Nc1nc(NCc2ccccc2)c2ncn(C(C)C)c2n1)C(O)C(C)(C)C. The highest BCUT2D eigenvalue weighted by atomic mass is 16.3.